The molecule has 0 aliphatic carbocycles. The van der Waals surface area contributed by atoms with E-state index in [1.807, 2.05) is 0 Å². The van der Waals surface area contributed by atoms with Crippen LogP contribution in [0.1, 0.15) is 34.3 Å². The number of carbonyl (C=O) groups is 2. The van der Waals surface area contributed by atoms with Gasteiger partial charge in [0, 0.05) is 7.11 Å². The van der Waals surface area contributed by atoms with Crippen LogP contribution >= 0.6 is 0 Å². The molecule has 2 rings (SSSR count). The van der Waals surface area contributed by atoms with E-state index < -0.39 is 36.5 Å². The van der Waals surface area contributed by atoms with Gasteiger partial charge in [-0.2, -0.15) is 0 Å². The summed E-state index contributed by atoms with van der Waals surface area (Å²) in [5.74, 6) is -1.96. The number of furan rings is 1. The van der Waals surface area contributed by atoms with Crippen LogP contribution in [-0.4, -0.2) is 30.5 Å². The molecule has 0 saturated heterocycles. The molecule has 0 saturated carbocycles. The topological polar surface area (TPSA) is 98.0 Å². The molecular formula is C17H16F3NO6. The number of amides is 1. The standard InChI is InChI=1S/C17H16F3NO6/c1-25-9-12-6-7-14(26-12)16(24)21-13(8-15(22)23)10-2-4-11(5-3-10)27-17(18,19)20/h2-7,13H,8-9H2,1H3,(H,21,24)(H,22,23). The summed E-state index contributed by atoms with van der Waals surface area (Å²) in [7, 11) is 1.46. The van der Waals surface area contributed by atoms with Gasteiger partial charge in [-0.3, -0.25) is 9.59 Å². The number of aliphatic carboxylic acids is 1. The molecule has 0 aliphatic rings. The van der Waals surface area contributed by atoms with Crippen molar-refractivity contribution < 1.29 is 41.8 Å². The Morgan fingerprint density at radius 2 is 1.85 bits per heavy atom. The van der Waals surface area contributed by atoms with Crippen molar-refractivity contribution in [2.24, 2.45) is 0 Å². The van der Waals surface area contributed by atoms with Gasteiger partial charge in [-0.1, -0.05) is 12.1 Å². The fraction of sp³-hybridized carbons (Fsp3) is 0.294. The Bertz CT molecular complexity index is 785. The summed E-state index contributed by atoms with van der Waals surface area (Å²) < 4.78 is 50.5. The lowest BCUT2D eigenvalue weighted by molar-refractivity contribution is -0.274. The predicted molar refractivity (Wildman–Crippen MR) is 85.0 cm³/mol. The molecule has 0 radical (unpaired) electrons. The molecule has 0 aliphatic heterocycles. The lowest BCUT2D eigenvalue weighted by atomic mass is 10.0. The number of benzene rings is 1. The Morgan fingerprint density at radius 1 is 1.19 bits per heavy atom. The zero-order valence-corrected chi connectivity index (χ0v) is 14.1. The van der Waals surface area contributed by atoms with E-state index in [1.54, 1.807) is 0 Å². The van der Waals surface area contributed by atoms with Crippen molar-refractivity contribution in [1.82, 2.24) is 5.32 Å². The highest BCUT2D eigenvalue weighted by molar-refractivity contribution is 5.92. The van der Waals surface area contributed by atoms with Crippen LogP contribution in [0.4, 0.5) is 13.2 Å². The number of hydrogen-bond donors (Lipinski definition) is 2. The SMILES string of the molecule is COCc1ccc(C(=O)NC(CC(=O)O)c2ccc(OC(F)(F)F)cc2)o1. The van der Waals surface area contributed by atoms with Crippen molar-refractivity contribution in [3.8, 4) is 5.75 Å². The molecule has 1 unspecified atom stereocenters. The van der Waals surface area contributed by atoms with E-state index in [2.05, 4.69) is 10.1 Å². The van der Waals surface area contributed by atoms with E-state index in [0.29, 0.717) is 11.3 Å². The van der Waals surface area contributed by atoms with Gasteiger partial charge >= 0.3 is 12.3 Å². The molecule has 2 aromatic rings. The lowest BCUT2D eigenvalue weighted by Gasteiger charge is -2.17. The van der Waals surface area contributed by atoms with E-state index >= 15 is 0 Å². The number of alkyl halides is 3. The van der Waals surface area contributed by atoms with Crippen LogP contribution in [0.25, 0.3) is 0 Å². The van der Waals surface area contributed by atoms with E-state index in [-0.39, 0.29) is 12.4 Å². The van der Waals surface area contributed by atoms with Gasteiger partial charge in [-0.15, -0.1) is 13.2 Å². The molecule has 0 fully saturated rings. The maximum absolute atomic E-state index is 12.3. The summed E-state index contributed by atoms with van der Waals surface area (Å²) in [6.07, 6.45) is -5.31. The third-order valence-electron chi connectivity index (χ3n) is 3.37. The van der Waals surface area contributed by atoms with Crippen LogP contribution in [0, 0.1) is 0 Å². The monoisotopic (exact) mass is 387 g/mol. The summed E-state index contributed by atoms with van der Waals surface area (Å²) in [6, 6.07) is 6.52. The van der Waals surface area contributed by atoms with Gasteiger partial charge in [-0.25, -0.2) is 0 Å². The first-order valence-corrected chi connectivity index (χ1v) is 7.64. The first-order valence-electron chi connectivity index (χ1n) is 7.64. The van der Waals surface area contributed by atoms with Gasteiger partial charge < -0.3 is 24.3 Å². The van der Waals surface area contributed by atoms with Crippen LogP contribution in [0.2, 0.25) is 0 Å². The normalized spacial score (nSPS) is 12.4. The second-order valence-corrected chi connectivity index (χ2v) is 5.44. The Hall–Kier alpha value is -3.01. The summed E-state index contributed by atoms with van der Waals surface area (Å²) >= 11 is 0. The van der Waals surface area contributed by atoms with Crippen LogP contribution in [0.5, 0.6) is 5.75 Å². The molecule has 10 heteroatoms. The number of carboxylic acid groups (broad SMARTS) is 1. The molecule has 1 heterocycles. The molecule has 27 heavy (non-hydrogen) atoms. The van der Waals surface area contributed by atoms with Gasteiger partial charge in [0.15, 0.2) is 5.76 Å². The van der Waals surface area contributed by atoms with Crippen molar-refractivity contribution >= 4 is 11.9 Å². The predicted octanol–water partition coefficient (Wildman–Crippen LogP) is 3.27. The minimum absolute atomic E-state index is 0.0468. The van der Waals surface area contributed by atoms with Gasteiger partial charge in [0.1, 0.15) is 18.1 Å². The Kier molecular flexibility index (Phi) is 6.45. The van der Waals surface area contributed by atoms with Crippen LogP contribution in [0.15, 0.2) is 40.8 Å². The third kappa shape index (κ3) is 6.33. The second kappa shape index (κ2) is 8.58. The van der Waals surface area contributed by atoms with Crippen LogP contribution in [0.3, 0.4) is 0 Å². The fourth-order valence-corrected chi connectivity index (χ4v) is 2.28. The molecule has 0 bridgehead atoms. The highest BCUT2D eigenvalue weighted by Gasteiger charge is 2.31. The zero-order valence-electron chi connectivity index (χ0n) is 14.1. The van der Waals surface area contributed by atoms with Crippen molar-refractivity contribution in [3.05, 3.63) is 53.5 Å². The van der Waals surface area contributed by atoms with E-state index in [1.165, 1.54) is 31.4 Å². The van der Waals surface area contributed by atoms with Gasteiger partial charge in [-0.05, 0) is 29.8 Å². The number of nitrogens with one attached hydrogen (secondary N) is 1. The lowest BCUT2D eigenvalue weighted by Crippen LogP contribution is -2.30. The van der Waals surface area contributed by atoms with E-state index in [4.69, 9.17) is 14.3 Å². The average Bonchev–Trinajstić information content (AvgIpc) is 3.02. The van der Waals surface area contributed by atoms with Crippen LogP contribution < -0.4 is 10.1 Å². The van der Waals surface area contributed by atoms with Gasteiger partial charge in [0.25, 0.3) is 5.91 Å². The first kappa shape index (κ1) is 20.3. The molecule has 7 nitrogen and oxygen atoms in total. The van der Waals surface area contributed by atoms with Gasteiger partial charge in [0.05, 0.1) is 12.5 Å². The number of carbonyl (C=O) groups excluding carboxylic acids is 1. The van der Waals surface area contributed by atoms with Crippen molar-refractivity contribution in [1.29, 1.82) is 0 Å². The summed E-state index contributed by atoms with van der Waals surface area (Å²) in [6.45, 7) is 0.159. The quantitative estimate of drug-likeness (QED) is 0.722. The van der Waals surface area contributed by atoms with E-state index in [0.717, 1.165) is 12.1 Å². The summed E-state index contributed by atoms with van der Waals surface area (Å²) in [5.41, 5.74) is 0.295. The Balaban J connectivity index is 2.14. The molecule has 1 aromatic heterocycles. The number of ether oxygens (including phenoxy) is 2. The van der Waals surface area contributed by atoms with Crippen molar-refractivity contribution in [2.75, 3.05) is 7.11 Å². The van der Waals surface area contributed by atoms with Gasteiger partial charge in [0.2, 0.25) is 0 Å². The number of halogens is 3. The Labute approximate surface area is 151 Å². The molecular weight excluding hydrogens is 371 g/mol. The fourth-order valence-electron chi connectivity index (χ4n) is 2.28. The largest absolute Gasteiger partial charge is 0.573 e. The number of rotatable bonds is 8. The number of carboxylic acids is 1. The maximum atomic E-state index is 12.3. The van der Waals surface area contributed by atoms with E-state index in [9.17, 15) is 22.8 Å². The minimum Gasteiger partial charge on any atom is -0.481 e. The molecule has 1 amide bonds. The van der Waals surface area contributed by atoms with Crippen LogP contribution in [-0.2, 0) is 16.1 Å². The second-order valence-electron chi connectivity index (χ2n) is 5.44. The minimum atomic E-state index is -4.84. The smallest absolute Gasteiger partial charge is 0.481 e. The molecule has 146 valence electrons. The highest BCUT2D eigenvalue weighted by Crippen LogP contribution is 2.25. The first-order chi connectivity index (χ1) is 12.7. The van der Waals surface area contributed by atoms with Crippen molar-refractivity contribution in [3.63, 3.8) is 0 Å². The average molecular weight is 387 g/mol. The summed E-state index contributed by atoms with van der Waals surface area (Å²) in [5, 5.41) is 11.5. The molecule has 0 spiro atoms. The zero-order chi connectivity index (χ0) is 20.0. The summed E-state index contributed by atoms with van der Waals surface area (Å²) in [4.78, 5) is 23.4. The number of hydrogen-bond acceptors (Lipinski definition) is 5. The molecule has 1 aromatic carbocycles. The molecule has 1 atom stereocenters. The Morgan fingerprint density at radius 3 is 2.41 bits per heavy atom. The number of methoxy groups -OCH3 is 1. The third-order valence-corrected chi connectivity index (χ3v) is 3.37. The molecule has 2 N–H and O–H groups in total. The highest BCUT2D eigenvalue weighted by atomic mass is 19.4. The van der Waals surface area contributed by atoms with Crippen molar-refractivity contribution in [2.45, 2.75) is 25.4 Å². The maximum Gasteiger partial charge on any atom is 0.573 e.